The molecule has 0 spiro atoms. The zero-order valence-electron chi connectivity index (χ0n) is 11.4. The molecule has 0 fully saturated rings. The normalized spacial score (nSPS) is 12.6. The van der Waals surface area contributed by atoms with Gasteiger partial charge in [-0.25, -0.2) is 0 Å². The highest BCUT2D eigenvalue weighted by Gasteiger charge is 2.15. The summed E-state index contributed by atoms with van der Waals surface area (Å²) in [5, 5.41) is 8.15. The van der Waals surface area contributed by atoms with Crippen molar-refractivity contribution < 1.29 is 0 Å². The molecule has 0 aliphatic heterocycles. The molecule has 1 unspecified atom stereocenters. The lowest BCUT2D eigenvalue weighted by Gasteiger charge is -2.18. The van der Waals surface area contributed by atoms with Gasteiger partial charge in [-0.2, -0.15) is 5.10 Å². The first-order chi connectivity index (χ1) is 8.26. The Morgan fingerprint density at radius 3 is 2.76 bits per heavy atom. The maximum Gasteiger partial charge on any atom is 0.0625 e. The second-order valence-electron chi connectivity index (χ2n) is 4.21. The SMILES string of the molecule is C=CCCC(NCC)c1cc(CC)nn1CC. The van der Waals surface area contributed by atoms with Crippen LogP contribution >= 0.6 is 0 Å². The molecular formula is C14H25N3. The van der Waals surface area contributed by atoms with Crippen molar-refractivity contribution in [1.82, 2.24) is 15.1 Å². The number of nitrogens with one attached hydrogen (secondary N) is 1. The number of allylic oxidation sites excluding steroid dienone is 1. The minimum atomic E-state index is 0.394. The number of aromatic nitrogens is 2. The molecule has 0 radical (unpaired) electrons. The average Bonchev–Trinajstić information content (AvgIpc) is 2.77. The third-order valence-corrected chi connectivity index (χ3v) is 2.99. The monoisotopic (exact) mass is 235 g/mol. The van der Waals surface area contributed by atoms with E-state index in [4.69, 9.17) is 0 Å². The molecule has 0 saturated carbocycles. The summed E-state index contributed by atoms with van der Waals surface area (Å²) in [6.07, 6.45) is 5.11. The summed E-state index contributed by atoms with van der Waals surface area (Å²) in [7, 11) is 0. The second kappa shape index (κ2) is 7.28. The Labute approximate surface area is 105 Å². The maximum atomic E-state index is 4.61. The van der Waals surface area contributed by atoms with Crippen molar-refractivity contribution in [2.24, 2.45) is 0 Å². The predicted octanol–water partition coefficient (Wildman–Crippen LogP) is 3.08. The van der Waals surface area contributed by atoms with Gasteiger partial charge in [-0.1, -0.05) is 19.9 Å². The summed E-state index contributed by atoms with van der Waals surface area (Å²) in [6, 6.07) is 2.63. The van der Waals surface area contributed by atoms with Crippen molar-refractivity contribution >= 4 is 0 Å². The van der Waals surface area contributed by atoms with Crippen LogP contribution in [0.4, 0.5) is 0 Å². The number of hydrogen-bond acceptors (Lipinski definition) is 2. The Hall–Kier alpha value is -1.09. The smallest absolute Gasteiger partial charge is 0.0625 e. The summed E-state index contributed by atoms with van der Waals surface area (Å²) in [4.78, 5) is 0. The second-order valence-corrected chi connectivity index (χ2v) is 4.21. The Morgan fingerprint density at radius 2 is 2.24 bits per heavy atom. The lowest BCUT2D eigenvalue weighted by Crippen LogP contribution is -2.23. The van der Waals surface area contributed by atoms with Crippen LogP contribution in [0.25, 0.3) is 0 Å². The highest BCUT2D eigenvalue weighted by molar-refractivity contribution is 5.14. The molecule has 3 heteroatoms. The van der Waals surface area contributed by atoms with Crippen LogP contribution in [0.2, 0.25) is 0 Å². The fourth-order valence-electron chi connectivity index (χ4n) is 2.08. The van der Waals surface area contributed by atoms with Gasteiger partial charge < -0.3 is 5.32 Å². The predicted molar refractivity (Wildman–Crippen MR) is 73.1 cm³/mol. The molecule has 0 amide bonds. The van der Waals surface area contributed by atoms with Crippen LogP contribution in [0.15, 0.2) is 18.7 Å². The lowest BCUT2D eigenvalue weighted by atomic mass is 10.1. The molecule has 3 nitrogen and oxygen atoms in total. The first-order valence-corrected chi connectivity index (χ1v) is 6.67. The Balaban J connectivity index is 2.89. The van der Waals surface area contributed by atoms with Gasteiger partial charge in [-0.3, -0.25) is 4.68 Å². The molecule has 17 heavy (non-hydrogen) atoms. The van der Waals surface area contributed by atoms with Crippen molar-refractivity contribution in [3.63, 3.8) is 0 Å². The van der Waals surface area contributed by atoms with Gasteiger partial charge >= 0.3 is 0 Å². The van der Waals surface area contributed by atoms with Crippen molar-refractivity contribution in [2.75, 3.05) is 6.54 Å². The molecule has 0 bridgehead atoms. The first kappa shape index (κ1) is 14.0. The van der Waals surface area contributed by atoms with Gasteiger partial charge in [-0.05, 0) is 38.8 Å². The minimum Gasteiger partial charge on any atom is -0.309 e. The average molecular weight is 235 g/mol. The summed E-state index contributed by atoms with van der Waals surface area (Å²) in [5.74, 6) is 0. The highest BCUT2D eigenvalue weighted by atomic mass is 15.3. The van der Waals surface area contributed by atoms with Crippen molar-refractivity contribution in [3.05, 3.63) is 30.1 Å². The summed E-state index contributed by atoms with van der Waals surface area (Å²) in [5.41, 5.74) is 2.50. The maximum absolute atomic E-state index is 4.61. The molecule has 0 aliphatic rings. The largest absolute Gasteiger partial charge is 0.309 e. The molecule has 1 aromatic rings. The van der Waals surface area contributed by atoms with Gasteiger partial charge in [0.15, 0.2) is 0 Å². The van der Waals surface area contributed by atoms with E-state index in [0.717, 1.165) is 32.4 Å². The molecule has 0 aromatic carbocycles. The topological polar surface area (TPSA) is 29.9 Å². The molecular weight excluding hydrogens is 210 g/mol. The van der Waals surface area contributed by atoms with Crippen molar-refractivity contribution in [1.29, 1.82) is 0 Å². The highest BCUT2D eigenvalue weighted by Crippen LogP contribution is 2.20. The number of nitrogens with zero attached hydrogens (tertiary/aromatic N) is 2. The van der Waals surface area contributed by atoms with Gasteiger partial charge in [0.2, 0.25) is 0 Å². The van der Waals surface area contributed by atoms with Crippen LogP contribution in [0.1, 0.15) is 51.0 Å². The van der Waals surface area contributed by atoms with Gasteiger partial charge in [0, 0.05) is 12.6 Å². The first-order valence-electron chi connectivity index (χ1n) is 6.67. The Kier molecular flexibility index (Phi) is 5.98. The van der Waals surface area contributed by atoms with Crippen molar-refractivity contribution in [2.45, 2.75) is 52.6 Å². The van der Waals surface area contributed by atoms with Gasteiger partial charge in [0.1, 0.15) is 0 Å². The number of aryl methyl sites for hydroxylation is 2. The van der Waals surface area contributed by atoms with Crippen LogP contribution < -0.4 is 5.32 Å². The Morgan fingerprint density at radius 1 is 1.47 bits per heavy atom. The molecule has 1 atom stereocenters. The van der Waals surface area contributed by atoms with E-state index >= 15 is 0 Å². The number of hydrogen-bond donors (Lipinski definition) is 1. The van der Waals surface area contributed by atoms with Gasteiger partial charge in [-0.15, -0.1) is 6.58 Å². The van der Waals surface area contributed by atoms with E-state index in [1.54, 1.807) is 0 Å². The van der Waals surface area contributed by atoms with E-state index in [0.29, 0.717) is 6.04 Å². The molecule has 1 aromatic heterocycles. The molecule has 96 valence electrons. The van der Waals surface area contributed by atoms with E-state index in [2.05, 4.69) is 48.5 Å². The Bertz CT molecular complexity index is 341. The fourth-order valence-corrected chi connectivity index (χ4v) is 2.08. The fraction of sp³-hybridized carbons (Fsp3) is 0.643. The quantitative estimate of drug-likeness (QED) is 0.702. The van der Waals surface area contributed by atoms with Crippen LogP contribution in [0, 0.1) is 0 Å². The zero-order valence-corrected chi connectivity index (χ0v) is 11.4. The third kappa shape index (κ3) is 3.70. The number of rotatable bonds is 8. The summed E-state index contributed by atoms with van der Waals surface area (Å²) < 4.78 is 2.12. The van der Waals surface area contributed by atoms with Crippen molar-refractivity contribution in [3.8, 4) is 0 Å². The van der Waals surface area contributed by atoms with E-state index in [-0.39, 0.29) is 0 Å². The van der Waals surface area contributed by atoms with Crippen LogP contribution in [-0.2, 0) is 13.0 Å². The molecule has 1 heterocycles. The van der Waals surface area contributed by atoms with E-state index < -0.39 is 0 Å². The van der Waals surface area contributed by atoms with Gasteiger partial charge in [0.25, 0.3) is 0 Å². The molecule has 0 aliphatic carbocycles. The van der Waals surface area contributed by atoms with Crippen LogP contribution in [-0.4, -0.2) is 16.3 Å². The van der Waals surface area contributed by atoms with Crippen LogP contribution in [0.3, 0.4) is 0 Å². The standard InChI is InChI=1S/C14H25N3/c1-5-9-10-13(15-7-3)14-11-12(6-2)16-17(14)8-4/h5,11,13,15H,1,6-10H2,2-4H3. The minimum absolute atomic E-state index is 0.394. The van der Waals surface area contributed by atoms with Gasteiger partial charge in [0.05, 0.1) is 11.4 Å². The zero-order chi connectivity index (χ0) is 12.7. The van der Waals surface area contributed by atoms with E-state index in [9.17, 15) is 0 Å². The van der Waals surface area contributed by atoms with Crippen LogP contribution in [0.5, 0.6) is 0 Å². The molecule has 0 saturated heterocycles. The summed E-state index contributed by atoms with van der Waals surface area (Å²) in [6.45, 7) is 12.2. The van der Waals surface area contributed by atoms with E-state index in [1.807, 2.05) is 6.08 Å². The van der Waals surface area contributed by atoms with E-state index in [1.165, 1.54) is 11.4 Å². The molecule has 1 N–H and O–H groups in total. The third-order valence-electron chi connectivity index (χ3n) is 2.99. The summed E-state index contributed by atoms with van der Waals surface area (Å²) >= 11 is 0. The lowest BCUT2D eigenvalue weighted by molar-refractivity contribution is 0.469. The molecule has 1 rings (SSSR count).